The van der Waals surface area contributed by atoms with Gasteiger partial charge in [-0.1, -0.05) is 41.6 Å². The van der Waals surface area contributed by atoms with Crippen molar-refractivity contribution in [1.82, 2.24) is 4.98 Å². The lowest BCUT2D eigenvalue weighted by molar-refractivity contribution is -0.385. The summed E-state index contributed by atoms with van der Waals surface area (Å²) in [5, 5.41) is 12.0. The molecular weight excluding hydrogens is 312 g/mol. The van der Waals surface area contributed by atoms with Crippen molar-refractivity contribution in [3.63, 3.8) is 0 Å². The molecule has 7 heteroatoms. The minimum absolute atomic E-state index is 0.101. The summed E-state index contributed by atoms with van der Waals surface area (Å²) in [7, 11) is 0. The summed E-state index contributed by atoms with van der Waals surface area (Å²) >= 11 is 7.20. The molecule has 0 aliphatic carbocycles. The molecule has 0 fully saturated rings. The lowest BCUT2D eigenvalue weighted by Gasteiger charge is -1.99. The number of oxazole rings is 1. The topological polar surface area (TPSA) is 69.2 Å². The molecule has 0 saturated carbocycles. The van der Waals surface area contributed by atoms with Gasteiger partial charge in [0.15, 0.2) is 5.58 Å². The van der Waals surface area contributed by atoms with Gasteiger partial charge in [-0.2, -0.15) is 0 Å². The molecule has 2 aromatic carbocycles. The number of thioether (sulfide) groups is 1. The van der Waals surface area contributed by atoms with E-state index in [1.807, 2.05) is 0 Å². The molecule has 0 aliphatic rings. The van der Waals surface area contributed by atoms with Crippen LogP contribution in [0.2, 0.25) is 5.02 Å². The Kier molecular flexibility index (Phi) is 3.81. The highest BCUT2D eigenvalue weighted by Crippen LogP contribution is 2.30. The van der Waals surface area contributed by atoms with Crippen LogP contribution >= 0.6 is 23.4 Å². The van der Waals surface area contributed by atoms with E-state index in [1.54, 1.807) is 36.4 Å². The van der Waals surface area contributed by atoms with Gasteiger partial charge < -0.3 is 4.42 Å². The number of halogens is 1. The van der Waals surface area contributed by atoms with Crippen molar-refractivity contribution >= 4 is 40.1 Å². The van der Waals surface area contributed by atoms with Gasteiger partial charge in [-0.3, -0.25) is 10.1 Å². The highest BCUT2D eigenvalue weighted by Gasteiger charge is 2.14. The maximum atomic E-state index is 11.0. The van der Waals surface area contributed by atoms with Gasteiger partial charge in [0.05, 0.1) is 4.92 Å². The van der Waals surface area contributed by atoms with Gasteiger partial charge >= 0.3 is 0 Å². The molecule has 0 aliphatic heterocycles. The zero-order valence-electron chi connectivity index (χ0n) is 10.7. The van der Waals surface area contributed by atoms with Gasteiger partial charge in [0.25, 0.3) is 10.9 Å². The smallest absolute Gasteiger partial charge is 0.273 e. The Hall–Kier alpha value is -2.05. The average Bonchev–Trinajstić information content (AvgIpc) is 2.87. The molecule has 0 spiro atoms. The van der Waals surface area contributed by atoms with Gasteiger partial charge in [-0.15, -0.1) is 0 Å². The second-order valence-electron chi connectivity index (χ2n) is 4.27. The second kappa shape index (κ2) is 5.75. The van der Waals surface area contributed by atoms with E-state index in [9.17, 15) is 10.1 Å². The average molecular weight is 321 g/mol. The molecule has 1 heterocycles. The van der Waals surface area contributed by atoms with Crippen LogP contribution in [0.3, 0.4) is 0 Å². The van der Waals surface area contributed by atoms with Crippen LogP contribution in [0.15, 0.2) is 52.1 Å². The molecule has 0 unspecified atom stereocenters. The number of fused-ring (bicyclic) bond motifs is 1. The molecule has 0 atom stereocenters. The monoisotopic (exact) mass is 320 g/mol. The highest BCUT2D eigenvalue weighted by molar-refractivity contribution is 7.98. The third-order valence-corrected chi connectivity index (χ3v) is 3.98. The van der Waals surface area contributed by atoms with Crippen LogP contribution in [0.25, 0.3) is 11.1 Å². The predicted molar refractivity (Wildman–Crippen MR) is 81.7 cm³/mol. The number of aromatic nitrogens is 1. The summed E-state index contributed by atoms with van der Waals surface area (Å²) in [6, 6.07) is 11.8. The summed E-state index contributed by atoms with van der Waals surface area (Å²) in [6.07, 6.45) is 0. The van der Waals surface area contributed by atoms with Crippen LogP contribution in [0.1, 0.15) is 5.56 Å². The van der Waals surface area contributed by atoms with Crippen molar-refractivity contribution in [2.75, 3.05) is 0 Å². The third-order valence-electron chi connectivity index (χ3n) is 2.87. The SMILES string of the molecule is O=[N+]([O-])c1ccccc1CSc1nc2cc(Cl)ccc2o1. The largest absolute Gasteiger partial charge is 0.431 e. The zero-order valence-corrected chi connectivity index (χ0v) is 12.2. The first-order valence-corrected chi connectivity index (χ1v) is 7.41. The van der Waals surface area contributed by atoms with Crippen LogP contribution < -0.4 is 0 Å². The molecule has 3 aromatic rings. The molecule has 0 saturated heterocycles. The maximum Gasteiger partial charge on any atom is 0.273 e. The van der Waals surface area contributed by atoms with E-state index >= 15 is 0 Å². The normalized spacial score (nSPS) is 10.9. The lowest BCUT2D eigenvalue weighted by atomic mass is 10.2. The van der Waals surface area contributed by atoms with Crippen molar-refractivity contribution in [3.8, 4) is 0 Å². The van der Waals surface area contributed by atoms with Gasteiger partial charge in [0.2, 0.25) is 0 Å². The number of benzene rings is 2. The first-order chi connectivity index (χ1) is 10.1. The van der Waals surface area contributed by atoms with E-state index < -0.39 is 0 Å². The Bertz CT molecular complexity index is 819. The van der Waals surface area contributed by atoms with E-state index in [1.165, 1.54) is 17.8 Å². The molecule has 106 valence electrons. The first-order valence-electron chi connectivity index (χ1n) is 6.04. The molecule has 21 heavy (non-hydrogen) atoms. The predicted octanol–water partition coefficient (Wildman–Crippen LogP) is 4.68. The standard InChI is InChI=1S/C14H9ClN2O3S/c15-10-5-6-13-11(7-10)16-14(20-13)21-8-9-3-1-2-4-12(9)17(18)19/h1-7H,8H2. The first kappa shape index (κ1) is 13.9. The molecule has 0 amide bonds. The fourth-order valence-electron chi connectivity index (χ4n) is 1.89. The minimum Gasteiger partial charge on any atom is -0.431 e. The number of hydrogen-bond acceptors (Lipinski definition) is 5. The summed E-state index contributed by atoms with van der Waals surface area (Å²) in [5.41, 5.74) is 2.05. The van der Waals surface area contributed by atoms with Gasteiger partial charge in [0, 0.05) is 22.4 Å². The summed E-state index contributed by atoms with van der Waals surface area (Å²) in [4.78, 5) is 14.9. The van der Waals surface area contributed by atoms with Crippen LogP contribution in [-0.2, 0) is 5.75 Å². The van der Waals surface area contributed by atoms with Gasteiger partial charge in [0.1, 0.15) is 5.52 Å². The van der Waals surface area contributed by atoms with E-state index in [2.05, 4.69) is 4.98 Å². The van der Waals surface area contributed by atoms with Crippen molar-refractivity contribution in [2.24, 2.45) is 0 Å². The Morgan fingerprint density at radius 3 is 2.90 bits per heavy atom. The quantitative estimate of drug-likeness (QED) is 0.396. The summed E-state index contributed by atoms with van der Waals surface area (Å²) in [6.45, 7) is 0. The molecule has 3 rings (SSSR count). The molecule has 1 aromatic heterocycles. The highest BCUT2D eigenvalue weighted by atomic mass is 35.5. The number of nitro benzene ring substituents is 1. The van der Waals surface area contributed by atoms with Crippen molar-refractivity contribution < 1.29 is 9.34 Å². The second-order valence-corrected chi connectivity index (χ2v) is 5.63. The van der Waals surface area contributed by atoms with Gasteiger partial charge in [-0.25, -0.2) is 4.98 Å². The minimum atomic E-state index is -0.387. The molecule has 0 N–H and O–H groups in total. The molecular formula is C14H9ClN2O3S. The van der Waals surface area contributed by atoms with Crippen molar-refractivity contribution in [1.29, 1.82) is 0 Å². The summed E-state index contributed by atoms with van der Waals surface area (Å²) in [5.74, 6) is 0.414. The van der Waals surface area contributed by atoms with E-state index in [4.69, 9.17) is 16.0 Å². The third kappa shape index (κ3) is 3.01. The Labute approximate surface area is 129 Å². The number of nitrogens with zero attached hydrogens (tertiary/aromatic N) is 2. The maximum absolute atomic E-state index is 11.0. The number of nitro groups is 1. The van der Waals surface area contributed by atoms with Crippen LogP contribution in [0.5, 0.6) is 0 Å². The van der Waals surface area contributed by atoms with Crippen molar-refractivity contribution in [2.45, 2.75) is 11.0 Å². The van der Waals surface area contributed by atoms with Crippen LogP contribution in [0.4, 0.5) is 5.69 Å². The Morgan fingerprint density at radius 1 is 1.29 bits per heavy atom. The van der Waals surface area contributed by atoms with Crippen molar-refractivity contribution in [3.05, 3.63) is 63.2 Å². The Morgan fingerprint density at radius 2 is 2.10 bits per heavy atom. The Balaban J connectivity index is 1.82. The fourth-order valence-corrected chi connectivity index (χ4v) is 2.89. The van der Waals surface area contributed by atoms with E-state index in [-0.39, 0.29) is 10.6 Å². The summed E-state index contributed by atoms with van der Waals surface area (Å²) < 4.78 is 5.57. The fraction of sp³-hybridized carbons (Fsp3) is 0.0714. The molecule has 5 nitrogen and oxygen atoms in total. The van der Waals surface area contributed by atoms with Crippen LogP contribution in [-0.4, -0.2) is 9.91 Å². The zero-order chi connectivity index (χ0) is 14.8. The molecule has 0 radical (unpaired) electrons. The van der Waals surface area contributed by atoms with Crippen LogP contribution in [0, 0.1) is 10.1 Å². The lowest BCUT2D eigenvalue weighted by Crippen LogP contribution is -1.93. The van der Waals surface area contributed by atoms with E-state index in [0.717, 1.165) is 0 Å². The van der Waals surface area contributed by atoms with E-state index in [0.29, 0.717) is 32.7 Å². The molecule has 0 bridgehead atoms. The number of hydrogen-bond donors (Lipinski definition) is 0. The number of para-hydroxylation sites is 1. The van der Waals surface area contributed by atoms with Gasteiger partial charge in [-0.05, 0) is 18.2 Å². The number of rotatable bonds is 4.